The molecular weight excluding hydrogens is 441 g/mol. The van der Waals surface area contributed by atoms with Crippen LogP contribution in [-0.2, 0) is 19.5 Å². The molecule has 0 atom stereocenters. The number of alkyl halides is 3. The van der Waals surface area contributed by atoms with Gasteiger partial charge in [0.15, 0.2) is 0 Å². The Hall–Kier alpha value is -2.83. The fourth-order valence-corrected chi connectivity index (χ4v) is 4.94. The van der Waals surface area contributed by atoms with E-state index in [-0.39, 0.29) is 12.5 Å². The summed E-state index contributed by atoms with van der Waals surface area (Å²) in [5.74, 6) is 0.836. The van der Waals surface area contributed by atoms with Gasteiger partial charge in [0, 0.05) is 54.9 Å². The van der Waals surface area contributed by atoms with E-state index >= 15 is 0 Å². The molecule has 0 aliphatic carbocycles. The lowest BCUT2D eigenvalue weighted by Gasteiger charge is -2.34. The van der Waals surface area contributed by atoms with Crippen LogP contribution < -0.4 is 0 Å². The number of hydrogen-bond acceptors (Lipinski definition) is 4. The maximum Gasteiger partial charge on any atom is 0.389 e. The summed E-state index contributed by atoms with van der Waals surface area (Å²) in [7, 11) is 3.89. The highest BCUT2D eigenvalue weighted by molar-refractivity contribution is 5.85. The Morgan fingerprint density at radius 2 is 1.97 bits per heavy atom. The molecule has 2 aromatic heterocycles. The van der Waals surface area contributed by atoms with Crippen molar-refractivity contribution in [2.75, 3.05) is 27.2 Å². The molecule has 0 saturated carbocycles. The molecule has 4 rings (SSSR count). The third kappa shape index (κ3) is 5.45. The van der Waals surface area contributed by atoms with Crippen molar-refractivity contribution < 1.29 is 13.2 Å². The minimum Gasteiger partial charge on any atom is -0.346 e. The van der Waals surface area contributed by atoms with Gasteiger partial charge < -0.3 is 14.5 Å². The van der Waals surface area contributed by atoms with Crippen LogP contribution in [0.3, 0.4) is 0 Å². The van der Waals surface area contributed by atoms with Gasteiger partial charge in [0.2, 0.25) is 0 Å². The van der Waals surface area contributed by atoms with Crippen molar-refractivity contribution >= 4 is 10.9 Å². The zero-order valence-electron chi connectivity index (χ0n) is 19.9. The molecule has 0 unspecified atom stereocenters. The first-order valence-corrected chi connectivity index (χ1v) is 11.6. The number of aromatic amines is 1. The first-order valence-electron chi connectivity index (χ1n) is 11.6. The number of nitriles is 1. The van der Waals surface area contributed by atoms with Gasteiger partial charge in [-0.3, -0.25) is 4.90 Å². The number of fused-ring (bicyclic) bond motifs is 1. The molecule has 3 heterocycles. The Morgan fingerprint density at radius 1 is 1.24 bits per heavy atom. The summed E-state index contributed by atoms with van der Waals surface area (Å²) in [6.45, 7) is 5.25. The number of nitrogens with one attached hydrogen (secondary N) is 1. The van der Waals surface area contributed by atoms with E-state index in [0.717, 1.165) is 49.2 Å². The lowest BCUT2D eigenvalue weighted by molar-refractivity contribution is -0.134. The number of H-pyrrole nitrogens is 1. The number of hydrogen-bond donors (Lipinski definition) is 1. The van der Waals surface area contributed by atoms with Gasteiger partial charge in [0.05, 0.1) is 6.54 Å². The second-order valence-corrected chi connectivity index (χ2v) is 9.50. The molecule has 34 heavy (non-hydrogen) atoms. The number of nitrogens with zero attached hydrogens (tertiary/aromatic N) is 5. The summed E-state index contributed by atoms with van der Waals surface area (Å²) >= 11 is 0. The molecule has 1 aromatic carbocycles. The lowest BCUT2D eigenvalue weighted by Crippen LogP contribution is -2.35. The van der Waals surface area contributed by atoms with Gasteiger partial charge in [0.1, 0.15) is 17.6 Å². The zero-order chi connectivity index (χ0) is 24.5. The van der Waals surface area contributed by atoms with Crippen LogP contribution in [0, 0.1) is 18.3 Å². The second-order valence-electron chi connectivity index (χ2n) is 9.50. The third-order valence-electron chi connectivity index (χ3n) is 6.69. The predicted molar refractivity (Wildman–Crippen MR) is 125 cm³/mol. The fourth-order valence-electron chi connectivity index (χ4n) is 4.94. The summed E-state index contributed by atoms with van der Waals surface area (Å²) in [5.41, 5.74) is 4.61. The van der Waals surface area contributed by atoms with Gasteiger partial charge in [-0.1, -0.05) is 6.07 Å². The standard InChI is InChI=1S/C25H31F3N6/c1-17-18(4-5-23-22(17)12-19(13-29)31-23)15-33-10-7-20(8-11-33)34-21(6-9-25(26,27)28)14-30-24(34)16-32(2)3/h4-5,12,14,20,31H,6-11,15-16H2,1-3H3. The molecule has 0 amide bonds. The Balaban J connectivity index is 1.46. The highest BCUT2D eigenvalue weighted by Gasteiger charge is 2.30. The van der Waals surface area contributed by atoms with Gasteiger partial charge in [-0.2, -0.15) is 18.4 Å². The Morgan fingerprint density at radius 3 is 2.62 bits per heavy atom. The third-order valence-corrected chi connectivity index (χ3v) is 6.69. The van der Waals surface area contributed by atoms with E-state index in [9.17, 15) is 13.2 Å². The molecule has 1 aliphatic heterocycles. The van der Waals surface area contributed by atoms with E-state index in [1.165, 1.54) is 11.1 Å². The summed E-state index contributed by atoms with van der Waals surface area (Å²) < 4.78 is 40.7. The van der Waals surface area contributed by atoms with Crippen molar-refractivity contribution in [2.24, 2.45) is 0 Å². The van der Waals surface area contributed by atoms with Crippen molar-refractivity contribution in [3.63, 3.8) is 0 Å². The molecular formula is C25H31F3N6. The number of aromatic nitrogens is 3. The maximum atomic E-state index is 12.9. The van der Waals surface area contributed by atoms with Crippen molar-refractivity contribution in [1.29, 1.82) is 5.26 Å². The Bertz CT molecular complexity index is 1180. The van der Waals surface area contributed by atoms with E-state index < -0.39 is 12.6 Å². The van der Waals surface area contributed by atoms with Gasteiger partial charge in [-0.15, -0.1) is 0 Å². The van der Waals surface area contributed by atoms with Crippen molar-refractivity contribution in [1.82, 2.24) is 24.3 Å². The average Bonchev–Trinajstić information content (AvgIpc) is 3.38. The highest BCUT2D eigenvalue weighted by atomic mass is 19.4. The monoisotopic (exact) mass is 472 g/mol. The number of rotatable bonds is 7. The van der Waals surface area contributed by atoms with E-state index in [2.05, 4.69) is 38.5 Å². The SMILES string of the molecule is Cc1c(CN2CCC(n3c(CCC(F)(F)F)cnc3CN(C)C)CC2)ccc2[nH]c(C#N)cc12. The normalized spacial score (nSPS) is 15.9. The van der Waals surface area contributed by atoms with Crippen LogP contribution in [0.5, 0.6) is 0 Å². The molecule has 1 aliphatic rings. The number of likely N-dealkylation sites (tertiary alicyclic amines) is 1. The van der Waals surface area contributed by atoms with E-state index in [0.29, 0.717) is 17.9 Å². The number of aryl methyl sites for hydroxylation is 2. The van der Waals surface area contributed by atoms with Crippen LogP contribution in [0.4, 0.5) is 13.2 Å². The maximum absolute atomic E-state index is 12.9. The molecule has 6 nitrogen and oxygen atoms in total. The molecule has 1 fully saturated rings. The van der Waals surface area contributed by atoms with Gasteiger partial charge in [0.25, 0.3) is 0 Å². The molecule has 9 heteroatoms. The fraction of sp³-hybridized carbons (Fsp3) is 0.520. The van der Waals surface area contributed by atoms with E-state index in [1.807, 2.05) is 31.1 Å². The molecule has 1 saturated heterocycles. The van der Waals surface area contributed by atoms with Crippen LogP contribution in [0.1, 0.15) is 53.6 Å². The summed E-state index contributed by atoms with van der Waals surface area (Å²) in [6.07, 6.45) is -1.66. The predicted octanol–water partition coefficient (Wildman–Crippen LogP) is 4.94. The Kier molecular flexibility index (Phi) is 7.01. The van der Waals surface area contributed by atoms with E-state index in [1.54, 1.807) is 6.20 Å². The second kappa shape index (κ2) is 9.80. The molecule has 0 radical (unpaired) electrons. The van der Waals surface area contributed by atoms with Crippen LogP contribution in [0.15, 0.2) is 24.4 Å². The van der Waals surface area contributed by atoms with Crippen LogP contribution in [-0.4, -0.2) is 57.7 Å². The minimum absolute atomic E-state index is 0.0370. The van der Waals surface area contributed by atoms with Crippen LogP contribution in [0.2, 0.25) is 0 Å². The lowest BCUT2D eigenvalue weighted by atomic mass is 10.0. The molecule has 0 bridgehead atoms. The van der Waals surface area contributed by atoms with Crippen molar-refractivity contribution in [3.8, 4) is 6.07 Å². The van der Waals surface area contributed by atoms with Gasteiger partial charge in [-0.05, 0) is 63.5 Å². The minimum atomic E-state index is -4.17. The summed E-state index contributed by atoms with van der Waals surface area (Å²) in [4.78, 5) is 12.0. The van der Waals surface area contributed by atoms with Gasteiger partial charge >= 0.3 is 6.18 Å². The topological polar surface area (TPSA) is 63.9 Å². The quantitative estimate of drug-likeness (QED) is 0.529. The highest BCUT2D eigenvalue weighted by Crippen LogP contribution is 2.31. The number of piperidine rings is 1. The zero-order valence-corrected chi connectivity index (χ0v) is 19.9. The number of imidazole rings is 1. The molecule has 0 spiro atoms. The molecule has 182 valence electrons. The van der Waals surface area contributed by atoms with Crippen LogP contribution in [0.25, 0.3) is 10.9 Å². The first-order chi connectivity index (χ1) is 16.1. The largest absolute Gasteiger partial charge is 0.389 e. The summed E-state index contributed by atoms with van der Waals surface area (Å²) in [6, 6.07) is 8.35. The number of halogens is 3. The first kappa shape index (κ1) is 24.3. The van der Waals surface area contributed by atoms with Gasteiger partial charge in [-0.25, -0.2) is 4.98 Å². The average molecular weight is 473 g/mol. The van der Waals surface area contributed by atoms with Crippen LogP contribution >= 0.6 is 0 Å². The van der Waals surface area contributed by atoms with Crippen molar-refractivity contribution in [2.45, 2.75) is 57.9 Å². The number of benzene rings is 1. The molecule has 3 aromatic rings. The van der Waals surface area contributed by atoms with Crippen molar-refractivity contribution in [3.05, 3.63) is 52.7 Å². The molecule has 1 N–H and O–H groups in total. The smallest absolute Gasteiger partial charge is 0.346 e. The summed E-state index contributed by atoms with van der Waals surface area (Å²) in [5, 5.41) is 10.2. The Labute approximate surface area is 198 Å². The van der Waals surface area contributed by atoms with E-state index in [4.69, 9.17) is 5.26 Å².